The molecular weight excluding hydrogens is 328 g/mol. The van der Waals surface area contributed by atoms with Gasteiger partial charge in [0.25, 0.3) is 5.91 Å². The zero-order chi connectivity index (χ0) is 19.0. The highest BCUT2D eigenvalue weighted by atomic mass is 16.2. The van der Waals surface area contributed by atoms with Crippen LogP contribution in [0.25, 0.3) is 0 Å². The van der Waals surface area contributed by atoms with Gasteiger partial charge in [0.05, 0.1) is 17.9 Å². The van der Waals surface area contributed by atoms with Gasteiger partial charge in [-0.2, -0.15) is 0 Å². The lowest BCUT2D eigenvalue weighted by atomic mass is 9.72. The Morgan fingerprint density at radius 2 is 1.73 bits per heavy atom. The second-order valence-corrected chi connectivity index (χ2v) is 7.03. The molecule has 4 atom stereocenters. The first-order chi connectivity index (χ1) is 12.3. The van der Waals surface area contributed by atoms with Gasteiger partial charge >= 0.3 is 0 Å². The third-order valence-electron chi connectivity index (χ3n) is 5.34. The molecule has 1 aliphatic carbocycles. The van der Waals surface area contributed by atoms with Crippen LogP contribution in [0.2, 0.25) is 0 Å². The molecule has 0 spiro atoms. The molecule has 1 fully saturated rings. The van der Waals surface area contributed by atoms with Crippen LogP contribution in [0.1, 0.15) is 19.4 Å². The Labute approximate surface area is 153 Å². The van der Waals surface area contributed by atoms with Gasteiger partial charge in [-0.15, -0.1) is 0 Å². The van der Waals surface area contributed by atoms with E-state index in [0.717, 1.165) is 11.1 Å². The van der Waals surface area contributed by atoms with Crippen molar-refractivity contribution in [2.75, 3.05) is 14.1 Å². The topological polar surface area (TPSA) is 57.7 Å². The first kappa shape index (κ1) is 17.9. The molecule has 1 heterocycles. The third kappa shape index (κ3) is 2.92. The maximum atomic E-state index is 12.7. The van der Waals surface area contributed by atoms with E-state index in [1.807, 2.05) is 50.3 Å². The van der Waals surface area contributed by atoms with Crippen molar-refractivity contribution in [2.24, 2.45) is 17.8 Å². The number of hydrogen-bond acceptors (Lipinski definition) is 3. The fourth-order valence-electron chi connectivity index (χ4n) is 4.05. The SMILES string of the molecule is CC1=C[C@H](C)[C@@H]2C(=O)N(C)C(=O)[C@@H]2[C@H]1N(C)C(=O)C#Cc1ccccc1. The van der Waals surface area contributed by atoms with Gasteiger partial charge < -0.3 is 4.90 Å². The van der Waals surface area contributed by atoms with Gasteiger partial charge in [0, 0.05) is 25.6 Å². The second-order valence-electron chi connectivity index (χ2n) is 7.03. The van der Waals surface area contributed by atoms with Gasteiger partial charge in [0.1, 0.15) is 0 Å². The number of allylic oxidation sites excluding steroid dienone is 1. The van der Waals surface area contributed by atoms with Gasteiger partial charge in [-0.25, -0.2) is 0 Å². The number of carbonyl (C=O) groups excluding carboxylic acids is 3. The van der Waals surface area contributed by atoms with Crippen molar-refractivity contribution in [1.82, 2.24) is 9.80 Å². The summed E-state index contributed by atoms with van der Waals surface area (Å²) in [5, 5.41) is 0. The Balaban J connectivity index is 1.90. The highest BCUT2D eigenvalue weighted by Crippen LogP contribution is 2.42. The van der Waals surface area contributed by atoms with E-state index in [1.165, 1.54) is 16.8 Å². The molecular formula is C21H22N2O3. The zero-order valence-corrected chi connectivity index (χ0v) is 15.4. The number of imide groups is 1. The molecule has 1 saturated heterocycles. The summed E-state index contributed by atoms with van der Waals surface area (Å²) >= 11 is 0. The van der Waals surface area contributed by atoms with E-state index in [2.05, 4.69) is 11.8 Å². The van der Waals surface area contributed by atoms with E-state index < -0.39 is 17.9 Å². The molecule has 3 amide bonds. The van der Waals surface area contributed by atoms with Crippen LogP contribution in [0.5, 0.6) is 0 Å². The average Bonchev–Trinajstić information content (AvgIpc) is 2.85. The van der Waals surface area contributed by atoms with Crippen molar-refractivity contribution >= 4 is 17.7 Å². The monoisotopic (exact) mass is 350 g/mol. The van der Waals surface area contributed by atoms with Gasteiger partial charge in [-0.05, 0) is 25.0 Å². The van der Waals surface area contributed by atoms with Gasteiger partial charge in [0.15, 0.2) is 0 Å². The van der Waals surface area contributed by atoms with Crippen LogP contribution in [-0.4, -0.2) is 47.7 Å². The fourth-order valence-corrected chi connectivity index (χ4v) is 4.05. The lowest BCUT2D eigenvalue weighted by molar-refractivity contribution is -0.138. The number of likely N-dealkylation sites (N-methyl/N-ethyl adjacent to an activating group) is 1. The minimum Gasteiger partial charge on any atom is -0.327 e. The number of fused-ring (bicyclic) bond motifs is 1. The summed E-state index contributed by atoms with van der Waals surface area (Å²) in [5.74, 6) is 3.75. The van der Waals surface area contributed by atoms with Crippen LogP contribution in [0.15, 0.2) is 42.0 Å². The Kier molecular flexibility index (Phi) is 4.69. The fraction of sp³-hybridized carbons (Fsp3) is 0.381. The quantitative estimate of drug-likeness (QED) is 0.440. The molecule has 26 heavy (non-hydrogen) atoms. The molecule has 0 radical (unpaired) electrons. The Bertz CT molecular complexity index is 847. The minimum absolute atomic E-state index is 0.0310. The standard InChI is InChI=1S/C21H22N2O3/c1-13-12-14(2)19(18-17(13)20(25)23(4)21(18)26)22(3)16(24)11-10-15-8-6-5-7-9-15/h5-9,12-13,17-19H,1-4H3/t13-,17-,18-,19-/m0/s1. The van der Waals surface area contributed by atoms with Crippen molar-refractivity contribution in [2.45, 2.75) is 19.9 Å². The molecule has 0 saturated carbocycles. The third-order valence-corrected chi connectivity index (χ3v) is 5.34. The average molecular weight is 350 g/mol. The zero-order valence-electron chi connectivity index (χ0n) is 15.4. The maximum Gasteiger partial charge on any atom is 0.299 e. The molecule has 2 aliphatic rings. The Morgan fingerprint density at radius 1 is 1.12 bits per heavy atom. The van der Waals surface area contributed by atoms with Crippen molar-refractivity contribution in [1.29, 1.82) is 0 Å². The van der Waals surface area contributed by atoms with Crippen molar-refractivity contribution < 1.29 is 14.4 Å². The number of benzene rings is 1. The number of hydrogen-bond donors (Lipinski definition) is 0. The summed E-state index contributed by atoms with van der Waals surface area (Å²) in [6, 6.07) is 8.81. The molecule has 5 nitrogen and oxygen atoms in total. The van der Waals surface area contributed by atoms with Crippen LogP contribution in [0, 0.1) is 29.6 Å². The molecule has 5 heteroatoms. The van der Waals surface area contributed by atoms with Crippen LogP contribution < -0.4 is 0 Å². The Hall–Kier alpha value is -2.87. The van der Waals surface area contributed by atoms with E-state index in [-0.39, 0.29) is 23.6 Å². The summed E-state index contributed by atoms with van der Waals surface area (Å²) in [6.45, 7) is 3.85. The van der Waals surface area contributed by atoms with Crippen LogP contribution in [0.3, 0.4) is 0 Å². The van der Waals surface area contributed by atoms with E-state index in [9.17, 15) is 14.4 Å². The Morgan fingerprint density at radius 3 is 2.38 bits per heavy atom. The summed E-state index contributed by atoms with van der Waals surface area (Å²) in [5.41, 5.74) is 1.68. The second kappa shape index (κ2) is 6.80. The van der Waals surface area contributed by atoms with E-state index in [1.54, 1.807) is 7.05 Å². The number of amides is 3. The summed E-state index contributed by atoms with van der Waals surface area (Å²) in [7, 11) is 3.16. The number of carbonyl (C=O) groups is 3. The van der Waals surface area contributed by atoms with Crippen LogP contribution in [-0.2, 0) is 14.4 Å². The molecule has 134 valence electrons. The predicted octanol–water partition coefficient (Wildman–Crippen LogP) is 1.69. The predicted molar refractivity (Wildman–Crippen MR) is 97.6 cm³/mol. The number of nitrogens with zero attached hydrogens (tertiary/aromatic N) is 2. The molecule has 1 aliphatic heterocycles. The molecule has 1 aromatic rings. The van der Waals surface area contributed by atoms with Crippen LogP contribution in [0.4, 0.5) is 0 Å². The van der Waals surface area contributed by atoms with E-state index in [0.29, 0.717) is 0 Å². The first-order valence-electron chi connectivity index (χ1n) is 8.66. The lowest BCUT2D eigenvalue weighted by Crippen LogP contribution is -2.49. The van der Waals surface area contributed by atoms with Gasteiger partial charge in [0.2, 0.25) is 11.8 Å². The minimum atomic E-state index is -0.542. The summed E-state index contributed by atoms with van der Waals surface area (Å²) < 4.78 is 0. The largest absolute Gasteiger partial charge is 0.327 e. The molecule has 0 aromatic heterocycles. The van der Waals surface area contributed by atoms with E-state index >= 15 is 0 Å². The maximum absolute atomic E-state index is 12.7. The van der Waals surface area contributed by atoms with E-state index in [4.69, 9.17) is 0 Å². The smallest absolute Gasteiger partial charge is 0.299 e. The normalized spacial score (nSPS) is 27.4. The first-order valence-corrected chi connectivity index (χ1v) is 8.66. The summed E-state index contributed by atoms with van der Waals surface area (Å²) in [6.07, 6.45) is 1.99. The highest BCUT2D eigenvalue weighted by molar-refractivity contribution is 6.06. The van der Waals surface area contributed by atoms with Crippen LogP contribution >= 0.6 is 0 Å². The number of likely N-dealkylation sites (tertiary alicyclic amines) is 1. The lowest BCUT2D eigenvalue weighted by Gasteiger charge is -2.38. The molecule has 1 aromatic carbocycles. The molecule has 0 N–H and O–H groups in total. The summed E-state index contributed by atoms with van der Waals surface area (Å²) in [4.78, 5) is 40.4. The highest BCUT2D eigenvalue weighted by Gasteiger charge is 2.54. The van der Waals surface area contributed by atoms with Crippen molar-refractivity contribution in [3.63, 3.8) is 0 Å². The molecule has 0 unspecified atom stereocenters. The molecule has 3 rings (SSSR count). The van der Waals surface area contributed by atoms with Crippen molar-refractivity contribution in [3.05, 3.63) is 47.5 Å². The van der Waals surface area contributed by atoms with Gasteiger partial charge in [-0.3, -0.25) is 19.3 Å². The number of rotatable bonds is 1. The molecule has 0 bridgehead atoms. The van der Waals surface area contributed by atoms with Crippen molar-refractivity contribution in [3.8, 4) is 11.8 Å². The van der Waals surface area contributed by atoms with Gasteiger partial charge in [-0.1, -0.05) is 42.7 Å².